The maximum Gasteiger partial charge on any atom is 0.122 e. The van der Waals surface area contributed by atoms with Crippen LogP contribution in [-0.2, 0) is 0 Å². The first kappa shape index (κ1) is 15.3. The fourth-order valence-electron chi connectivity index (χ4n) is 4.01. The largest absolute Gasteiger partial charge is 0.508 e. The summed E-state index contributed by atoms with van der Waals surface area (Å²) in [4.78, 5) is 2.51. The summed E-state index contributed by atoms with van der Waals surface area (Å²) in [6.45, 7) is 4.31. The zero-order valence-electron chi connectivity index (χ0n) is 14.2. The van der Waals surface area contributed by atoms with Crippen molar-refractivity contribution >= 4 is 10.9 Å². The van der Waals surface area contributed by atoms with Crippen LogP contribution in [0.25, 0.3) is 10.9 Å². The van der Waals surface area contributed by atoms with Crippen molar-refractivity contribution in [3.8, 4) is 5.75 Å². The van der Waals surface area contributed by atoms with Gasteiger partial charge in [-0.05, 0) is 43.4 Å². The third-order valence-electron chi connectivity index (χ3n) is 5.14. The molecule has 0 bridgehead atoms. The summed E-state index contributed by atoms with van der Waals surface area (Å²) in [6.07, 6.45) is 3.80. The van der Waals surface area contributed by atoms with Crippen molar-refractivity contribution < 1.29 is 5.11 Å². The van der Waals surface area contributed by atoms with Crippen LogP contribution in [0.4, 0.5) is 0 Å². The van der Waals surface area contributed by atoms with Crippen LogP contribution in [0, 0.1) is 6.92 Å². The van der Waals surface area contributed by atoms with Crippen molar-refractivity contribution in [1.29, 1.82) is 0 Å². The van der Waals surface area contributed by atoms with Crippen LogP contribution in [0.2, 0.25) is 0 Å². The number of phenolic OH excluding ortho intramolecular Hbond substituents is 1. The third-order valence-corrected chi connectivity index (χ3v) is 5.14. The van der Waals surface area contributed by atoms with Crippen LogP contribution in [0.1, 0.15) is 36.7 Å². The van der Waals surface area contributed by atoms with Crippen molar-refractivity contribution in [2.75, 3.05) is 13.1 Å². The molecule has 4 rings (SSSR count). The zero-order valence-corrected chi connectivity index (χ0v) is 14.2. The monoisotopic (exact) mass is 320 g/mol. The van der Waals surface area contributed by atoms with E-state index in [1.807, 2.05) is 12.1 Å². The molecule has 0 saturated carbocycles. The first-order chi connectivity index (χ1) is 11.8. The summed E-state index contributed by atoms with van der Waals surface area (Å²) in [6, 6.07) is 18.5. The molecule has 1 N–H and O–H groups in total. The second-order valence-electron chi connectivity index (χ2n) is 6.74. The van der Waals surface area contributed by atoms with E-state index in [0.717, 1.165) is 18.7 Å². The number of fused-ring (bicyclic) bond motifs is 1. The number of phenols is 1. The number of para-hydroxylation sites is 2. The molecule has 1 aliphatic rings. The molecule has 1 aromatic heterocycles. The number of hydrogen-bond acceptors (Lipinski definition) is 2. The van der Waals surface area contributed by atoms with Crippen molar-refractivity contribution in [3.05, 3.63) is 65.9 Å². The highest BCUT2D eigenvalue weighted by Gasteiger charge is 2.27. The predicted molar refractivity (Wildman–Crippen MR) is 98.3 cm³/mol. The highest BCUT2D eigenvalue weighted by Crippen LogP contribution is 2.35. The predicted octanol–water partition coefficient (Wildman–Crippen LogP) is 4.69. The van der Waals surface area contributed by atoms with E-state index in [-0.39, 0.29) is 6.17 Å². The minimum atomic E-state index is 0.0476. The van der Waals surface area contributed by atoms with Crippen LogP contribution in [0.5, 0.6) is 5.75 Å². The van der Waals surface area contributed by atoms with Gasteiger partial charge in [0.1, 0.15) is 11.9 Å². The van der Waals surface area contributed by atoms with Gasteiger partial charge in [-0.3, -0.25) is 4.90 Å². The van der Waals surface area contributed by atoms with Gasteiger partial charge in [0.15, 0.2) is 0 Å². The van der Waals surface area contributed by atoms with Crippen LogP contribution in [0.3, 0.4) is 0 Å². The number of likely N-dealkylation sites (tertiary alicyclic amines) is 1. The van der Waals surface area contributed by atoms with E-state index < -0.39 is 0 Å². The Kier molecular flexibility index (Phi) is 4.03. The van der Waals surface area contributed by atoms with Gasteiger partial charge in [0.05, 0.1) is 0 Å². The first-order valence-electron chi connectivity index (χ1n) is 8.84. The van der Waals surface area contributed by atoms with Crippen molar-refractivity contribution in [2.24, 2.45) is 0 Å². The third kappa shape index (κ3) is 2.59. The lowest BCUT2D eigenvalue weighted by atomic mass is 10.1. The minimum Gasteiger partial charge on any atom is -0.508 e. The zero-order chi connectivity index (χ0) is 16.5. The summed E-state index contributed by atoms with van der Waals surface area (Å²) < 4.78 is 2.38. The molecule has 0 amide bonds. The maximum atomic E-state index is 10.5. The van der Waals surface area contributed by atoms with Gasteiger partial charge < -0.3 is 9.67 Å². The van der Waals surface area contributed by atoms with E-state index in [1.165, 1.54) is 35.9 Å². The summed E-state index contributed by atoms with van der Waals surface area (Å²) in [5.41, 5.74) is 3.45. The van der Waals surface area contributed by atoms with E-state index in [9.17, 15) is 5.11 Å². The molecule has 1 atom stereocenters. The van der Waals surface area contributed by atoms with E-state index in [0.29, 0.717) is 5.75 Å². The highest BCUT2D eigenvalue weighted by atomic mass is 16.3. The summed E-state index contributed by atoms with van der Waals surface area (Å²) in [5.74, 6) is 0.380. The highest BCUT2D eigenvalue weighted by molar-refractivity contribution is 5.81. The Balaban J connectivity index is 1.91. The van der Waals surface area contributed by atoms with Gasteiger partial charge in [0.2, 0.25) is 0 Å². The lowest BCUT2D eigenvalue weighted by molar-refractivity contribution is 0.141. The van der Waals surface area contributed by atoms with Gasteiger partial charge in [0.25, 0.3) is 0 Å². The Hall–Kier alpha value is -2.26. The molecule has 0 spiro atoms. The molecule has 1 aliphatic heterocycles. The fraction of sp³-hybridized carbons (Fsp3) is 0.333. The SMILES string of the molecule is Cc1cc2ccccc2n1C(c1ccccc1O)N1CCCCC1. The van der Waals surface area contributed by atoms with Crippen molar-refractivity contribution in [2.45, 2.75) is 32.4 Å². The summed E-state index contributed by atoms with van der Waals surface area (Å²) in [5, 5.41) is 11.8. The molecular formula is C21H24N2O. The normalized spacial score (nSPS) is 17.2. The molecule has 1 fully saturated rings. The fourth-order valence-corrected chi connectivity index (χ4v) is 4.01. The van der Waals surface area contributed by atoms with E-state index in [4.69, 9.17) is 0 Å². The molecule has 2 aromatic carbocycles. The molecule has 0 radical (unpaired) electrons. The number of aromatic hydroxyl groups is 1. The number of nitrogens with zero attached hydrogens (tertiary/aromatic N) is 2. The standard InChI is InChI=1S/C21H24N2O/c1-16-15-17-9-3-5-11-19(17)23(16)21(22-13-7-2-8-14-22)18-10-4-6-12-20(18)24/h3-6,9-12,15,21,24H,2,7-8,13-14H2,1H3. The van der Waals surface area contributed by atoms with E-state index >= 15 is 0 Å². The molecular weight excluding hydrogens is 296 g/mol. The Bertz CT molecular complexity index is 846. The summed E-state index contributed by atoms with van der Waals surface area (Å²) in [7, 11) is 0. The van der Waals surface area contributed by atoms with Gasteiger partial charge in [-0.25, -0.2) is 0 Å². The number of hydrogen-bond donors (Lipinski definition) is 1. The van der Waals surface area contributed by atoms with E-state index in [1.54, 1.807) is 6.07 Å². The first-order valence-corrected chi connectivity index (χ1v) is 8.84. The average Bonchev–Trinajstić information content (AvgIpc) is 2.94. The molecule has 3 heteroatoms. The number of benzene rings is 2. The van der Waals surface area contributed by atoms with Crippen LogP contribution >= 0.6 is 0 Å². The van der Waals surface area contributed by atoms with E-state index in [2.05, 4.69) is 52.8 Å². The second-order valence-corrected chi connectivity index (χ2v) is 6.74. The molecule has 3 nitrogen and oxygen atoms in total. The molecule has 3 aromatic rings. The number of aryl methyl sites for hydroxylation is 1. The van der Waals surface area contributed by atoms with Gasteiger partial charge in [0, 0.05) is 29.9 Å². The number of aromatic nitrogens is 1. The van der Waals surface area contributed by atoms with Crippen LogP contribution in [0.15, 0.2) is 54.6 Å². The minimum absolute atomic E-state index is 0.0476. The average molecular weight is 320 g/mol. The Morgan fingerprint density at radius 3 is 2.42 bits per heavy atom. The lowest BCUT2D eigenvalue weighted by Crippen LogP contribution is -2.37. The topological polar surface area (TPSA) is 28.4 Å². The van der Waals surface area contributed by atoms with Crippen LogP contribution in [-0.4, -0.2) is 27.7 Å². The maximum absolute atomic E-state index is 10.5. The number of rotatable bonds is 3. The quantitative estimate of drug-likeness (QED) is 0.758. The van der Waals surface area contributed by atoms with Gasteiger partial charge in [-0.15, -0.1) is 0 Å². The molecule has 2 heterocycles. The molecule has 1 saturated heterocycles. The second kappa shape index (κ2) is 6.33. The van der Waals surface area contributed by atoms with Crippen molar-refractivity contribution in [3.63, 3.8) is 0 Å². The van der Waals surface area contributed by atoms with Crippen LogP contribution < -0.4 is 0 Å². The molecule has 24 heavy (non-hydrogen) atoms. The molecule has 124 valence electrons. The summed E-state index contributed by atoms with van der Waals surface area (Å²) >= 11 is 0. The van der Waals surface area contributed by atoms with Gasteiger partial charge in [-0.2, -0.15) is 0 Å². The van der Waals surface area contributed by atoms with Gasteiger partial charge >= 0.3 is 0 Å². The molecule has 1 unspecified atom stereocenters. The lowest BCUT2D eigenvalue weighted by Gasteiger charge is -2.37. The number of piperidine rings is 1. The van der Waals surface area contributed by atoms with Crippen molar-refractivity contribution in [1.82, 2.24) is 9.47 Å². The molecule has 0 aliphatic carbocycles. The Labute approximate surface area is 143 Å². The Morgan fingerprint density at radius 1 is 0.917 bits per heavy atom. The Morgan fingerprint density at radius 2 is 1.62 bits per heavy atom. The smallest absolute Gasteiger partial charge is 0.122 e. The van der Waals surface area contributed by atoms with Gasteiger partial charge in [-0.1, -0.05) is 42.8 Å².